The molecule has 2 amide bonds. The molecule has 37 heavy (non-hydrogen) atoms. The van der Waals surface area contributed by atoms with Crippen LogP contribution >= 0.6 is 15.9 Å². The van der Waals surface area contributed by atoms with Crippen molar-refractivity contribution >= 4 is 54.2 Å². The maximum absolute atomic E-state index is 13.4. The summed E-state index contributed by atoms with van der Waals surface area (Å²) < 4.78 is 28.8. The first kappa shape index (κ1) is 27.1. The van der Waals surface area contributed by atoms with E-state index in [-0.39, 0.29) is 31.3 Å². The van der Waals surface area contributed by atoms with Crippen LogP contribution < -0.4 is 9.62 Å². The van der Waals surface area contributed by atoms with Gasteiger partial charge in [0.15, 0.2) is 0 Å². The Balaban J connectivity index is 1.48. The van der Waals surface area contributed by atoms with Gasteiger partial charge in [-0.25, -0.2) is 8.42 Å². The van der Waals surface area contributed by atoms with E-state index in [2.05, 4.69) is 28.2 Å². The highest BCUT2D eigenvalue weighted by Crippen LogP contribution is 2.42. The van der Waals surface area contributed by atoms with Crippen LogP contribution in [0, 0.1) is 0 Å². The third-order valence-electron chi connectivity index (χ3n) is 6.67. The second-order valence-electron chi connectivity index (χ2n) is 9.28. The van der Waals surface area contributed by atoms with Gasteiger partial charge >= 0.3 is 0 Å². The van der Waals surface area contributed by atoms with Crippen LogP contribution in [0.15, 0.2) is 70.0 Å². The Kier molecular flexibility index (Phi) is 8.54. The number of carbonyl (C=O) groups is 2. The zero-order valence-corrected chi connectivity index (χ0v) is 23.5. The summed E-state index contributed by atoms with van der Waals surface area (Å²) in [6.07, 6.45) is 2.30. The topological polar surface area (TPSA) is 86.8 Å². The summed E-state index contributed by atoms with van der Waals surface area (Å²) in [6.45, 7) is 4.83. The number of sulfonamides is 1. The Labute approximate surface area is 227 Å². The van der Waals surface area contributed by atoms with Gasteiger partial charge < -0.3 is 10.2 Å². The van der Waals surface area contributed by atoms with Crippen molar-refractivity contribution in [1.29, 1.82) is 0 Å². The van der Waals surface area contributed by atoms with E-state index in [0.29, 0.717) is 23.5 Å². The second kappa shape index (κ2) is 11.6. The highest BCUT2D eigenvalue weighted by atomic mass is 79.9. The number of unbranched alkanes of at least 4 members (excludes halogenated alkanes) is 1. The van der Waals surface area contributed by atoms with Crippen LogP contribution in [0.3, 0.4) is 0 Å². The number of carbonyl (C=O) groups excluding carboxylic acids is 2. The van der Waals surface area contributed by atoms with Crippen LogP contribution in [0.25, 0.3) is 10.8 Å². The molecule has 4 rings (SSSR count). The summed E-state index contributed by atoms with van der Waals surface area (Å²) in [5, 5.41) is 4.52. The van der Waals surface area contributed by atoms with Gasteiger partial charge in [0, 0.05) is 35.9 Å². The molecule has 0 spiro atoms. The summed E-state index contributed by atoms with van der Waals surface area (Å²) in [4.78, 5) is 28.1. The van der Waals surface area contributed by atoms with E-state index in [9.17, 15) is 18.0 Å². The molecule has 1 heterocycles. The fourth-order valence-electron chi connectivity index (χ4n) is 4.67. The zero-order valence-electron chi connectivity index (χ0n) is 21.1. The Morgan fingerprint density at radius 3 is 2.51 bits per heavy atom. The van der Waals surface area contributed by atoms with Crippen LogP contribution in [-0.2, 0) is 26.2 Å². The molecule has 9 heteroatoms. The van der Waals surface area contributed by atoms with E-state index < -0.39 is 16.1 Å². The maximum Gasteiger partial charge on any atom is 0.265 e. The average Bonchev–Trinajstić information content (AvgIpc) is 3.10. The van der Waals surface area contributed by atoms with Gasteiger partial charge in [-0.2, -0.15) is 0 Å². The van der Waals surface area contributed by atoms with Gasteiger partial charge in [-0.15, -0.1) is 0 Å². The Morgan fingerprint density at radius 1 is 1.05 bits per heavy atom. The van der Waals surface area contributed by atoms with Crippen molar-refractivity contribution in [2.24, 2.45) is 0 Å². The quantitative estimate of drug-likeness (QED) is 0.312. The predicted octanol–water partition coefficient (Wildman–Crippen LogP) is 5.22. The number of hydrogen-bond donors (Lipinski definition) is 1. The first-order valence-corrected chi connectivity index (χ1v) is 14.8. The first-order chi connectivity index (χ1) is 17.7. The smallest absolute Gasteiger partial charge is 0.265 e. The lowest BCUT2D eigenvalue weighted by Gasteiger charge is -2.29. The van der Waals surface area contributed by atoms with Gasteiger partial charge in [0.25, 0.3) is 10.0 Å². The number of halogens is 1. The molecule has 0 aromatic heterocycles. The summed E-state index contributed by atoms with van der Waals surface area (Å²) in [5.74, 6) is -0.383. The molecule has 0 bridgehead atoms. The van der Waals surface area contributed by atoms with Crippen molar-refractivity contribution in [3.8, 4) is 0 Å². The molecule has 0 aliphatic carbocycles. The SMILES string of the molecule is CCCCNC(=O)C(C)N(Cc1cccc(Br)c1)C(=O)CCCN1c2cccc3cccc(c23)S1(=O)=O. The summed E-state index contributed by atoms with van der Waals surface area (Å²) in [7, 11) is -3.67. The van der Waals surface area contributed by atoms with Crippen LogP contribution in [0.2, 0.25) is 0 Å². The van der Waals surface area contributed by atoms with Crippen molar-refractivity contribution in [3.05, 3.63) is 70.7 Å². The molecule has 0 saturated heterocycles. The lowest BCUT2D eigenvalue weighted by atomic mass is 10.1. The van der Waals surface area contributed by atoms with Gasteiger partial charge in [0.2, 0.25) is 11.8 Å². The third-order valence-corrected chi connectivity index (χ3v) is 9.02. The molecule has 1 aliphatic rings. The molecule has 1 N–H and O–H groups in total. The van der Waals surface area contributed by atoms with E-state index in [1.54, 1.807) is 30.0 Å². The first-order valence-electron chi connectivity index (χ1n) is 12.6. The number of rotatable bonds is 11. The Morgan fingerprint density at radius 2 is 1.78 bits per heavy atom. The summed E-state index contributed by atoms with van der Waals surface area (Å²) in [5.41, 5.74) is 1.55. The number of hydrogen-bond acceptors (Lipinski definition) is 4. The van der Waals surface area contributed by atoms with Gasteiger partial charge in [0.1, 0.15) is 6.04 Å². The fourth-order valence-corrected chi connectivity index (χ4v) is 6.86. The predicted molar refractivity (Wildman–Crippen MR) is 150 cm³/mol. The standard InChI is InChI=1S/C28H32BrN3O4S/c1-3-4-16-30-28(34)20(2)31(19-21-9-5-12-23(29)18-21)26(33)15-8-17-32-24-13-6-10-22-11-7-14-25(27(22)24)37(32,35)36/h5-7,9-14,18,20H,3-4,8,15-17,19H2,1-2H3,(H,30,34). The van der Waals surface area contributed by atoms with Gasteiger partial charge in [-0.05, 0) is 55.0 Å². The zero-order chi connectivity index (χ0) is 26.6. The molecule has 3 aromatic rings. The molecule has 0 fully saturated rings. The van der Waals surface area contributed by atoms with E-state index in [1.807, 2.05) is 42.5 Å². The lowest BCUT2D eigenvalue weighted by Crippen LogP contribution is -2.47. The highest BCUT2D eigenvalue weighted by Gasteiger charge is 2.35. The number of nitrogens with one attached hydrogen (secondary N) is 1. The molecular weight excluding hydrogens is 554 g/mol. The number of amides is 2. The maximum atomic E-state index is 13.4. The lowest BCUT2D eigenvalue weighted by molar-refractivity contribution is -0.140. The van der Waals surface area contributed by atoms with Crippen molar-refractivity contribution in [2.45, 2.75) is 57.0 Å². The number of benzene rings is 3. The van der Waals surface area contributed by atoms with Gasteiger partial charge in [0.05, 0.1) is 10.6 Å². The minimum Gasteiger partial charge on any atom is -0.354 e. The second-order valence-corrected chi connectivity index (χ2v) is 12.0. The molecule has 1 aliphatic heterocycles. The van der Waals surface area contributed by atoms with Crippen LogP contribution in [0.1, 0.15) is 45.1 Å². The Bertz CT molecular complexity index is 1400. The van der Waals surface area contributed by atoms with Crippen LogP contribution in [0.5, 0.6) is 0 Å². The largest absolute Gasteiger partial charge is 0.354 e. The molecule has 0 radical (unpaired) electrons. The average molecular weight is 587 g/mol. The summed E-state index contributed by atoms with van der Waals surface area (Å²) in [6, 6.07) is 17.8. The van der Waals surface area contributed by atoms with E-state index >= 15 is 0 Å². The molecule has 3 aromatic carbocycles. The third kappa shape index (κ3) is 5.83. The van der Waals surface area contributed by atoms with Gasteiger partial charge in [-0.1, -0.05) is 65.7 Å². The number of nitrogens with zero attached hydrogens (tertiary/aromatic N) is 2. The van der Waals surface area contributed by atoms with Crippen LogP contribution in [-0.4, -0.2) is 44.3 Å². The monoisotopic (exact) mass is 585 g/mol. The minimum atomic E-state index is -3.67. The Hall–Kier alpha value is -2.91. The van der Waals surface area contributed by atoms with E-state index in [0.717, 1.165) is 33.7 Å². The highest BCUT2D eigenvalue weighted by molar-refractivity contribution is 9.10. The van der Waals surface area contributed by atoms with E-state index in [1.165, 1.54) is 4.31 Å². The van der Waals surface area contributed by atoms with Crippen molar-refractivity contribution < 1.29 is 18.0 Å². The van der Waals surface area contributed by atoms with Crippen molar-refractivity contribution in [2.75, 3.05) is 17.4 Å². The van der Waals surface area contributed by atoms with Gasteiger partial charge in [-0.3, -0.25) is 13.9 Å². The normalized spacial score (nSPS) is 14.5. The molecule has 1 atom stereocenters. The molecular formula is C28H32BrN3O4S. The van der Waals surface area contributed by atoms with Crippen molar-refractivity contribution in [1.82, 2.24) is 10.2 Å². The summed E-state index contributed by atoms with van der Waals surface area (Å²) >= 11 is 3.47. The molecule has 1 unspecified atom stereocenters. The molecule has 196 valence electrons. The van der Waals surface area contributed by atoms with Crippen LogP contribution in [0.4, 0.5) is 5.69 Å². The van der Waals surface area contributed by atoms with E-state index in [4.69, 9.17) is 0 Å². The molecule has 0 saturated carbocycles. The van der Waals surface area contributed by atoms with Crippen molar-refractivity contribution in [3.63, 3.8) is 0 Å². The fraction of sp³-hybridized carbons (Fsp3) is 0.357. The number of anilines is 1. The molecule has 7 nitrogen and oxygen atoms in total. The minimum absolute atomic E-state index is 0.124.